The molecule has 0 fully saturated rings. The molecule has 0 aromatic rings. The Labute approximate surface area is 274 Å². The summed E-state index contributed by atoms with van der Waals surface area (Å²) in [5.74, 6) is -0.884. The van der Waals surface area contributed by atoms with Crippen molar-refractivity contribution < 1.29 is 22.9 Å². The molecule has 0 radical (unpaired) electrons. The zero-order chi connectivity index (χ0) is 32.6. The molecule has 0 saturated heterocycles. The van der Waals surface area contributed by atoms with Gasteiger partial charge in [0.15, 0.2) is 0 Å². The van der Waals surface area contributed by atoms with E-state index in [4.69, 9.17) is 0 Å². The van der Waals surface area contributed by atoms with Gasteiger partial charge in [-0.2, -0.15) is 8.42 Å². The van der Waals surface area contributed by atoms with Crippen molar-refractivity contribution in [2.45, 2.75) is 225 Å². The van der Waals surface area contributed by atoms with E-state index in [1.165, 1.54) is 148 Å². The first-order chi connectivity index (χ1) is 21.3. The smallest absolute Gasteiger partial charge is 0.266 e. The number of hydrogen-bond acceptors (Lipinski definition) is 4. The van der Waals surface area contributed by atoms with Crippen molar-refractivity contribution in [2.24, 2.45) is 0 Å². The molecule has 0 bridgehead atoms. The van der Waals surface area contributed by atoms with Gasteiger partial charge in [-0.15, -0.1) is 0 Å². The minimum absolute atomic E-state index is 0.242. The third-order valence-corrected chi connectivity index (χ3v) is 9.84. The first-order valence-electron chi connectivity index (χ1n) is 19.2. The van der Waals surface area contributed by atoms with E-state index in [0.29, 0.717) is 12.8 Å². The van der Waals surface area contributed by atoms with Crippen LogP contribution < -0.4 is 5.32 Å². The van der Waals surface area contributed by atoms with Gasteiger partial charge in [0.1, 0.15) is 0 Å². The van der Waals surface area contributed by atoms with E-state index < -0.39 is 28.0 Å². The van der Waals surface area contributed by atoms with Gasteiger partial charge in [0.2, 0.25) is 5.91 Å². The number of rotatable bonds is 35. The molecule has 264 valence electrons. The van der Waals surface area contributed by atoms with Gasteiger partial charge in [-0.3, -0.25) is 9.35 Å². The van der Waals surface area contributed by atoms with E-state index in [9.17, 15) is 22.9 Å². The van der Waals surface area contributed by atoms with E-state index in [-0.39, 0.29) is 5.91 Å². The first-order valence-corrected chi connectivity index (χ1v) is 20.8. The molecule has 0 rings (SSSR count). The molecule has 2 atom stereocenters. The molecule has 3 N–H and O–H groups in total. The fourth-order valence-corrected chi connectivity index (χ4v) is 6.92. The quantitative estimate of drug-likeness (QED) is 0.0470. The van der Waals surface area contributed by atoms with Crippen LogP contribution in [-0.2, 0) is 14.9 Å². The highest BCUT2D eigenvalue weighted by Gasteiger charge is 2.26. The van der Waals surface area contributed by atoms with Gasteiger partial charge in [0.05, 0.1) is 17.9 Å². The summed E-state index contributed by atoms with van der Waals surface area (Å²) in [5, 5.41) is 13.3. The van der Waals surface area contributed by atoms with E-state index in [1.807, 2.05) is 0 Å². The number of aliphatic hydroxyl groups is 1. The standard InChI is InChI=1S/C37H75NO5S/c1-3-5-7-9-11-13-15-17-18-19-21-23-25-27-29-31-33-37(40)38-35(34-44(41,42)43)36(39)32-30-28-26-24-22-20-16-14-12-10-8-6-4-2/h35-36,39H,3-34H2,1-2H3,(H,38,40)(H,41,42,43). The molecule has 0 aromatic heterocycles. The molecule has 0 aromatic carbocycles. The Balaban J connectivity index is 3.85. The highest BCUT2D eigenvalue weighted by Crippen LogP contribution is 2.16. The lowest BCUT2D eigenvalue weighted by atomic mass is 10.0. The average molecular weight is 646 g/mol. The maximum absolute atomic E-state index is 12.5. The van der Waals surface area contributed by atoms with Gasteiger partial charge in [0.25, 0.3) is 10.1 Å². The molecule has 6 nitrogen and oxygen atoms in total. The highest BCUT2D eigenvalue weighted by molar-refractivity contribution is 7.85. The van der Waals surface area contributed by atoms with Crippen LogP contribution in [0.25, 0.3) is 0 Å². The summed E-state index contributed by atoms with van der Waals surface area (Å²) in [6, 6.07) is -0.962. The fraction of sp³-hybridized carbons (Fsp3) is 0.973. The van der Waals surface area contributed by atoms with Crippen molar-refractivity contribution in [1.82, 2.24) is 5.32 Å². The maximum atomic E-state index is 12.5. The first kappa shape index (κ1) is 43.3. The third-order valence-electron chi connectivity index (χ3n) is 9.06. The number of hydrogen-bond donors (Lipinski definition) is 3. The number of carbonyl (C=O) groups excluding carboxylic acids is 1. The van der Waals surface area contributed by atoms with Crippen molar-refractivity contribution in [1.29, 1.82) is 0 Å². The van der Waals surface area contributed by atoms with Gasteiger partial charge in [-0.1, -0.05) is 194 Å². The zero-order valence-corrected chi connectivity index (χ0v) is 30.1. The molecule has 2 unspecified atom stereocenters. The average Bonchev–Trinajstić information content (AvgIpc) is 2.98. The van der Waals surface area contributed by atoms with Gasteiger partial charge in [-0.25, -0.2) is 0 Å². The Morgan fingerprint density at radius 3 is 1.14 bits per heavy atom. The Morgan fingerprint density at radius 1 is 0.523 bits per heavy atom. The minimum atomic E-state index is -4.30. The van der Waals surface area contributed by atoms with Gasteiger partial charge in [-0.05, 0) is 12.8 Å². The van der Waals surface area contributed by atoms with Crippen LogP contribution in [0.5, 0.6) is 0 Å². The molecule has 1 amide bonds. The summed E-state index contributed by atoms with van der Waals surface area (Å²) in [6.07, 6.45) is 36.2. The lowest BCUT2D eigenvalue weighted by molar-refractivity contribution is -0.122. The van der Waals surface area contributed by atoms with E-state index in [0.717, 1.165) is 38.5 Å². The van der Waals surface area contributed by atoms with Gasteiger partial charge in [0, 0.05) is 6.42 Å². The van der Waals surface area contributed by atoms with E-state index >= 15 is 0 Å². The topological polar surface area (TPSA) is 104 Å². The molecule has 0 heterocycles. The zero-order valence-electron chi connectivity index (χ0n) is 29.3. The summed E-state index contributed by atoms with van der Waals surface area (Å²) < 4.78 is 32.4. The number of nitrogens with one attached hydrogen (secondary N) is 1. The largest absolute Gasteiger partial charge is 0.391 e. The minimum Gasteiger partial charge on any atom is -0.391 e. The predicted molar refractivity (Wildman–Crippen MR) is 189 cm³/mol. The van der Waals surface area contributed by atoms with Crippen molar-refractivity contribution >= 4 is 16.0 Å². The third kappa shape index (κ3) is 32.7. The number of aliphatic hydroxyl groups excluding tert-OH is 1. The number of carbonyl (C=O) groups is 1. The van der Waals surface area contributed by atoms with Crippen LogP contribution in [0, 0.1) is 0 Å². The van der Waals surface area contributed by atoms with E-state index in [1.54, 1.807) is 0 Å². The lowest BCUT2D eigenvalue weighted by Gasteiger charge is -2.23. The Morgan fingerprint density at radius 2 is 0.818 bits per heavy atom. The Hall–Kier alpha value is -0.660. The summed E-state index contributed by atoms with van der Waals surface area (Å²) in [5.41, 5.74) is 0. The maximum Gasteiger partial charge on any atom is 0.266 e. The monoisotopic (exact) mass is 646 g/mol. The SMILES string of the molecule is CCCCCCCCCCCCCCCCCCC(=O)NC(CS(=O)(=O)O)C(O)CCCCCCCCCCCCCCC. The van der Waals surface area contributed by atoms with Crippen LogP contribution in [0.2, 0.25) is 0 Å². The molecule has 0 aliphatic carbocycles. The van der Waals surface area contributed by atoms with Crippen molar-refractivity contribution in [3.05, 3.63) is 0 Å². The van der Waals surface area contributed by atoms with Crippen LogP contribution in [0.1, 0.15) is 213 Å². The molecule has 44 heavy (non-hydrogen) atoms. The summed E-state index contributed by atoms with van der Waals surface area (Å²) in [6.45, 7) is 4.51. The van der Waals surface area contributed by atoms with Crippen LogP contribution in [-0.4, -0.2) is 41.9 Å². The molecular formula is C37H75NO5S. The van der Waals surface area contributed by atoms with E-state index in [2.05, 4.69) is 19.2 Å². The van der Waals surface area contributed by atoms with Crippen LogP contribution in [0.15, 0.2) is 0 Å². The van der Waals surface area contributed by atoms with Crippen molar-refractivity contribution in [2.75, 3.05) is 5.75 Å². The molecule has 0 saturated carbocycles. The predicted octanol–water partition coefficient (Wildman–Crippen LogP) is 10.9. The molecule has 0 aliphatic rings. The van der Waals surface area contributed by atoms with Gasteiger partial charge >= 0.3 is 0 Å². The normalized spacial score (nSPS) is 13.3. The Kier molecular flexibility index (Phi) is 31.8. The Bertz CT molecular complexity index is 715. The second kappa shape index (κ2) is 32.3. The summed E-state index contributed by atoms with van der Waals surface area (Å²) >= 11 is 0. The second-order valence-corrected chi connectivity index (χ2v) is 15.1. The van der Waals surface area contributed by atoms with Gasteiger partial charge < -0.3 is 10.4 Å². The number of unbranched alkanes of at least 4 members (excludes halogenated alkanes) is 27. The molecule has 0 spiro atoms. The number of amides is 1. The van der Waals surface area contributed by atoms with Crippen molar-refractivity contribution in [3.63, 3.8) is 0 Å². The lowest BCUT2D eigenvalue weighted by Crippen LogP contribution is -2.47. The fourth-order valence-electron chi connectivity index (χ4n) is 6.16. The summed E-state index contributed by atoms with van der Waals surface area (Å²) in [4.78, 5) is 12.5. The van der Waals surface area contributed by atoms with Crippen LogP contribution >= 0.6 is 0 Å². The van der Waals surface area contributed by atoms with Crippen LogP contribution in [0.4, 0.5) is 0 Å². The molecular weight excluding hydrogens is 570 g/mol. The van der Waals surface area contributed by atoms with Crippen LogP contribution in [0.3, 0.4) is 0 Å². The molecule has 7 heteroatoms. The summed E-state index contributed by atoms with van der Waals surface area (Å²) in [7, 11) is -4.30. The van der Waals surface area contributed by atoms with Crippen molar-refractivity contribution in [3.8, 4) is 0 Å². The molecule has 0 aliphatic heterocycles. The second-order valence-electron chi connectivity index (χ2n) is 13.6. The highest BCUT2D eigenvalue weighted by atomic mass is 32.2.